The van der Waals surface area contributed by atoms with Gasteiger partial charge >= 0.3 is 11.9 Å². The van der Waals surface area contributed by atoms with Crippen molar-refractivity contribution in [1.29, 1.82) is 0 Å². The van der Waals surface area contributed by atoms with Crippen LogP contribution in [0.3, 0.4) is 0 Å². The Kier molecular flexibility index (Phi) is 12.1. The fourth-order valence-electron chi connectivity index (χ4n) is 8.12. The van der Waals surface area contributed by atoms with Crippen LogP contribution in [-0.4, -0.2) is 70.8 Å². The van der Waals surface area contributed by atoms with Crippen molar-refractivity contribution in [3.05, 3.63) is 84.3 Å². The molecular weight excluding hydrogens is 681 g/mol. The number of nitrogens with one attached hydrogen (secondary N) is 2. The Balaban J connectivity index is 1.11. The smallest absolute Gasteiger partial charge is 0.306 e. The second-order valence-electron chi connectivity index (χ2n) is 15.5. The highest BCUT2D eigenvalue weighted by Gasteiger charge is 2.38. The molecule has 6 rings (SSSR count). The molecule has 0 unspecified atom stereocenters. The summed E-state index contributed by atoms with van der Waals surface area (Å²) >= 11 is 0. The van der Waals surface area contributed by atoms with Gasteiger partial charge in [0.1, 0.15) is 0 Å². The van der Waals surface area contributed by atoms with E-state index in [0.29, 0.717) is 13.1 Å². The minimum atomic E-state index is -0.404. The summed E-state index contributed by atoms with van der Waals surface area (Å²) in [5.74, 6) is -1.42. The molecule has 2 N–H and O–H groups in total. The minimum absolute atomic E-state index is 0.0157. The Bertz CT molecular complexity index is 1780. The molecule has 2 aromatic carbocycles. The molecule has 0 radical (unpaired) electrons. The van der Waals surface area contributed by atoms with E-state index in [1.807, 2.05) is 43.7 Å². The number of aromatic nitrogens is 2. The number of carbonyl (C=O) groups is 4. The number of nitrogens with zero attached hydrogens (tertiary/aromatic N) is 2. The molecule has 10 heteroatoms. The van der Waals surface area contributed by atoms with E-state index in [9.17, 15) is 19.2 Å². The van der Waals surface area contributed by atoms with Gasteiger partial charge in [-0.05, 0) is 83.5 Å². The second-order valence-corrected chi connectivity index (χ2v) is 15.5. The van der Waals surface area contributed by atoms with E-state index < -0.39 is 11.8 Å². The number of hydrogen-bond acceptors (Lipinski definition) is 6. The molecule has 4 aromatic rings. The molecule has 2 amide bonds. The van der Waals surface area contributed by atoms with E-state index >= 15 is 0 Å². The van der Waals surface area contributed by atoms with Crippen LogP contribution in [0, 0.1) is 23.7 Å². The number of esters is 2. The highest BCUT2D eigenvalue weighted by Crippen LogP contribution is 2.38. The van der Waals surface area contributed by atoms with E-state index in [-0.39, 0.29) is 60.5 Å². The van der Waals surface area contributed by atoms with Crippen LogP contribution in [0.5, 0.6) is 0 Å². The number of methoxy groups -OCH3 is 2. The summed E-state index contributed by atoms with van der Waals surface area (Å²) in [6.45, 7) is 9.29. The summed E-state index contributed by atoms with van der Waals surface area (Å²) in [5, 5.41) is 0. The van der Waals surface area contributed by atoms with Gasteiger partial charge in [0, 0.05) is 36.4 Å². The fourth-order valence-corrected chi connectivity index (χ4v) is 8.12. The number of hydrogen-bond donors (Lipinski definition) is 2. The predicted octanol–water partition coefficient (Wildman–Crippen LogP) is 8.34. The zero-order valence-electron chi connectivity index (χ0n) is 32.4. The number of aromatic amines is 2. The Labute approximate surface area is 318 Å². The maximum Gasteiger partial charge on any atom is 0.306 e. The number of carbonyl (C=O) groups excluding carboxylic acids is 4. The van der Waals surface area contributed by atoms with Crippen LogP contribution >= 0.6 is 0 Å². The van der Waals surface area contributed by atoms with Crippen molar-refractivity contribution in [2.45, 2.75) is 78.3 Å². The zero-order valence-corrected chi connectivity index (χ0v) is 32.4. The van der Waals surface area contributed by atoms with Gasteiger partial charge < -0.3 is 29.2 Å². The lowest BCUT2D eigenvalue weighted by Crippen LogP contribution is -2.39. The molecule has 10 nitrogen and oxygen atoms in total. The lowest BCUT2D eigenvalue weighted by molar-refractivity contribution is -0.148. The monoisotopic (exact) mass is 734 g/mol. The van der Waals surface area contributed by atoms with Gasteiger partial charge in [0.05, 0.1) is 51.0 Å². The summed E-state index contributed by atoms with van der Waals surface area (Å²) in [5.41, 5.74) is 8.44. The van der Waals surface area contributed by atoms with Crippen molar-refractivity contribution in [3.63, 3.8) is 0 Å². The van der Waals surface area contributed by atoms with Crippen LogP contribution in [0.25, 0.3) is 33.5 Å². The van der Waals surface area contributed by atoms with Crippen LogP contribution in [0.15, 0.2) is 72.9 Å². The number of likely N-dealkylation sites (tertiary alicyclic amines) is 2. The molecule has 2 aromatic heterocycles. The first-order valence-electron chi connectivity index (χ1n) is 19.3. The van der Waals surface area contributed by atoms with Crippen LogP contribution < -0.4 is 0 Å². The van der Waals surface area contributed by atoms with Gasteiger partial charge in [-0.25, -0.2) is 0 Å². The van der Waals surface area contributed by atoms with E-state index in [1.54, 1.807) is 0 Å². The van der Waals surface area contributed by atoms with E-state index in [4.69, 9.17) is 9.47 Å². The van der Waals surface area contributed by atoms with E-state index in [2.05, 4.69) is 76.7 Å². The molecule has 2 saturated heterocycles. The normalized spacial score (nSPS) is 18.3. The van der Waals surface area contributed by atoms with Crippen molar-refractivity contribution < 1.29 is 28.7 Å². The summed E-state index contributed by atoms with van der Waals surface area (Å²) < 4.78 is 9.75. The number of ether oxygens (including phenoxy) is 2. The summed E-state index contributed by atoms with van der Waals surface area (Å²) in [6.07, 6.45) is 5.79. The fraction of sp³-hybridized carbons (Fsp3) is 0.455. The Morgan fingerprint density at radius 3 is 1.54 bits per heavy atom. The number of rotatable bonds is 13. The van der Waals surface area contributed by atoms with Crippen molar-refractivity contribution in [1.82, 2.24) is 19.8 Å². The van der Waals surface area contributed by atoms with Gasteiger partial charge in [0.2, 0.25) is 11.8 Å². The minimum Gasteiger partial charge on any atom is -0.469 e. The number of benzene rings is 2. The van der Waals surface area contributed by atoms with Crippen LogP contribution in [-0.2, 0) is 28.7 Å². The molecule has 2 fully saturated rings. The molecular formula is C44H54N4O6. The van der Waals surface area contributed by atoms with Crippen molar-refractivity contribution in [2.24, 2.45) is 23.7 Å². The molecule has 0 bridgehead atoms. The molecule has 2 aliphatic heterocycles. The number of H-pyrrole nitrogens is 2. The maximum absolute atomic E-state index is 13.6. The third kappa shape index (κ3) is 8.32. The topological polar surface area (TPSA) is 125 Å². The predicted molar refractivity (Wildman–Crippen MR) is 209 cm³/mol. The molecule has 286 valence electrons. The van der Waals surface area contributed by atoms with Gasteiger partial charge in [0.15, 0.2) is 0 Å². The Morgan fingerprint density at radius 2 is 1.07 bits per heavy atom. The molecule has 2 aliphatic rings. The van der Waals surface area contributed by atoms with Crippen molar-refractivity contribution in [2.75, 3.05) is 27.3 Å². The standard InChI is InChI=1S/C44H54N4O6/c1-27(2)34(24-41(49)53-5)43(51)47-21-7-9-39(47)37-20-19-36(46-37)32-17-15-30(16-18-32)29-11-13-31(14-12-29)33-23-38(45-26-33)40-10-8-22-48(40)44(52)35(28(3)4)25-42(50)54-6/h11-20,23,26-28,34-35,39-40,45-46H,7-10,21-22,24-25H2,1-6H3/t34-,35-,39-,40-/m0/s1. The SMILES string of the molecule is COC(=O)C[C@H](C(=O)N1CCC[C@H]1c1cc(-c2ccc(-c3ccc(-c4ccc([C@@H]5CCCN5C(=O)[C@@H](CC(=O)OC)C(C)C)[nH]4)cc3)cc2)c[nH]1)C(C)C. The highest BCUT2D eigenvalue weighted by atomic mass is 16.5. The highest BCUT2D eigenvalue weighted by molar-refractivity contribution is 5.85. The quantitative estimate of drug-likeness (QED) is 0.133. The third-order valence-electron chi connectivity index (χ3n) is 11.4. The van der Waals surface area contributed by atoms with Crippen molar-refractivity contribution in [3.8, 4) is 33.5 Å². The summed E-state index contributed by atoms with van der Waals surface area (Å²) in [4.78, 5) is 62.2. The lowest BCUT2D eigenvalue weighted by Gasteiger charge is -2.30. The van der Waals surface area contributed by atoms with Crippen molar-refractivity contribution >= 4 is 23.8 Å². The van der Waals surface area contributed by atoms with Crippen LogP contribution in [0.2, 0.25) is 0 Å². The van der Waals surface area contributed by atoms with Gasteiger partial charge in [-0.1, -0.05) is 76.2 Å². The van der Waals surface area contributed by atoms with Gasteiger partial charge in [-0.2, -0.15) is 0 Å². The Hall–Kier alpha value is -5.12. The van der Waals surface area contributed by atoms with E-state index in [0.717, 1.165) is 70.6 Å². The molecule has 4 atom stereocenters. The summed E-state index contributed by atoms with van der Waals surface area (Å²) in [7, 11) is 2.73. The molecule has 4 heterocycles. The molecule has 0 saturated carbocycles. The van der Waals surface area contributed by atoms with Crippen LogP contribution in [0.1, 0.15) is 89.7 Å². The zero-order chi connectivity index (χ0) is 38.5. The molecule has 0 spiro atoms. The first-order chi connectivity index (χ1) is 26.0. The van der Waals surface area contributed by atoms with Crippen LogP contribution in [0.4, 0.5) is 0 Å². The summed E-state index contributed by atoms with van der Waals surface area (Å²) in [6, 6.07) is 23.2. The van der Waals surface area contributed by atoms with Gasteiger partial charge in [-0.15, -0.1) is 0 Å². The van der Waals surface area contributed by atoms with Gasteiger partial charge in [0.25, 0.3) is 0 Å². The first-order valence-corrected chi connectivity index (χ1v) is 19.3. The third-order valence-corrected chi connectivity index (χ3v) is 11.4. The molecule has 54 heavy (non-hydrogen) atoms. The second kappa shape index (κ2) is 16.9. The Morgan fingerprint density at radius 1 is 0.630 bits per heavy atom. The maximum atomic E-state index is 13.6. The van der Waals surface area contributed by atoms with E-state index in [1.165, 1.54) is 14.2 Å². The first kappa shape index (κ1) is 38.6. The number of amides is 2. The average Bonchev–Trinajstić information content (AvgIpc) is 4.02. The largest absolute Gasteiger partial charge is 0.469 e. The van der Waals surface area contributed by atoms with Gasteiger partial charge in [-0.3, -0.25) is 19.2 Å². The molecule has 0 aliphatic carbocycles. The lowest BCUT2D eigenvalue weighted by atomic mass is 9.90. The average molecular weight is 735 g/mol.